The molecule has 0 atom stereocenters. The molecule has 3 rings (SSSR count). The van der Waals surface area contributed by atoms with Crippen molar-refractivity contribution >= 4 is 17.3 Å². The van der Waals surface area contributed by atoms with Crippen molar-refractivity contribution in [3.63, 3.8) is 0 Å². The Bertz CT molecular complexity index is 800. The van der Waals surface area contributed by atoms with Gasteiger partial charge in [0.1, 0.15) is 11.6 Å². The van der Waals surface area contributed by atoms with Crippen molar-refractivity contribution < 1.29 is 8.81 Å². The molecule has 0 saturated carbocycles. The number of thiophene rings is 1. The van der Waals surface area contributed by atoms with Crippen LogP contribution >= 0.6 is 11.3 Å². The van der Waals surface area contributed by atoms with E-state index < -0.39 is 0 Å². The van der Waals surface area contributed by atoms with E-state index in [2.05, 4.69) is 21.7 Å². The molecule has 2 N–H and O–H groups in total. The number of rotatable bonds is 8. The van der Waals surface area contributed by atoms with E-state index in [4.69, 9.17) is 4.42 Å². The molecule has 0 saturated heterocycles. The summed E-state index contributed by atoms with van der Waals surface area (Å²) in [6.45, 7) is 1.94. The molecule has 136 valence electrons. The fourth-order valence-corrected chi connectivity index (χ4v) is 3.14. The lowest BCUT2D eigenvalue weighted by Crippen LogP contribution is -2.39. The number of halogens is 1. The minimum absolute atomic E-state index is 0.169. The minimum atomic E-state index is -0.169. The van der Waals surface area contributed by atoms with E-state index in [-0.39, 0.29) is 5.82 Å². The van der Waals surface area contributed by atoms with E-state index in [1.807, 2.05) is 35.7 Å². The van der Waals surface area contributed by atoms with Crippen molar-refractivity contribution in [1.82, 2.24) is 10.6 Å². The number of furan rings is 1. The average molecular weight is 371 g/mol. The van der Waals surface area contributed by atoms with Gasteiger partial charge in [0, 0.05) is 24.4 Å². The van der Waals surface area contributed by atoms with E-state index in [9.17, 15) is 4.39 Å². The predicted molar refractivity (Wildman–Crippen MR) is 104 cm³/mol. The Morgan fingerprint density at radius 3 is 2.58 bits per heavy atom. The van der Waals surface area contributed by atoms with Gasteiger partial charge < -0.3 is 15.1 Å². The number of aliphatic imine (C=N–C) groups is 1. The minimum Gasteiger partial charge on any atom is -0.469 e. The Kier molecular flexibility index (Phi) is 6.84. The number of nitrogens with one attached hydrogen (secondary N) is 2. The van der Waals surface area contributed by atoms with Crippen LogP contribution in [0.1, 0.15) is 16.2 Å². The number of nitrogens with zero attached hydrogens (tertiary/aromatic N) is 1. The summed E-state index contributed by atoms with van der Waals surface area (Å²) < 4.78 is 19.1. The first-order valence-corrected chi connectivity index (χ1v) is 9.49. The second-order valence-corrected chi connectivity index (χ2v) is 6.80. The zero-order valence-corrected chi connectivity index (χ0v) is 15.3. The largest absolute Gasteiger partial charge is 0.469 e. The molecule has 3 aromatic rings. The molecule has 0 aliphatic heterocycles. The summed E-state index contributed by atoms with van der Waals surface area (Å²) in [6.07, 6.45) is 3.05. The molecular weight excluding hydrogens is 349 g/mol. The first kappa shape index (κ1) is 18.2. The molecule has 0 amide bonds. The van der Waals surface area contributed by atoms with Crippen LogP contribution in [-0.2, 0) is 19.4 Å². The van der Waals surface area contributed by atoms with Crippen LogP contribution in [0.4, 0.5) is 4.39 Å². The van der Waals surface area contributed by atoms with Crippen molar-refractivity contribution in [3.8, 4) is 0 Å². The maximum Gasteiger partial charge on any atom is 0.191 e. The monoisotopic (exact) mass is 371 g/mol. The lowest BCUT2D eigenvalue weighted by atomic mass is 10.1. The molecule has 1 aromatic carbocycles. The molecule has 6 heteroatoms. The zero-order chi connectivity index (χ0) is 18.0. The third-order valence-electron chi connectivity index (χ3n) is 3.86. The van der Waals surface area contributed by atoms with Gasteiger partial charge in [-0.05, 0) is 41.6 Å². The molecule has 0 spiro atoms. The van der Waals surface area contributed by atoms with E-state index in [1.165, 1.54) is 10.9 Å². The molecule has 0 aliphatic carbocycles. The maximum atomic E-state index is 13.7. The normalized spacial score (nSPS) is 11.5. The summed E-state index contributed by atoms with van der Waals surface area (Å²) in [5.41, 5.74) is 0.702. The molecule has 0 fully saturated rings. The van der Waals surface area contributed by atoms with Crippen molar-refractivity contribution in [3.05, 3.63) is 82.2 Å². The van der Waals surface area contributed by atoms with Crippen molar-refractivity contribution in [2.75, 3.05) is 13.1 Å². The molecule has 0 radical (unpaired) electrons. The molecule has 4 nitrogen and oxygen atoms in total. The number of hydrogen-bond donors (Lipinski definition) is 2. The number of benzene rings is 1. The standard InChI is InChI=1S/C20H22FN3OS/c21-19-8-2-1-5-16(19)9-11-22-20(24-15-18-7-4-14-26-18)23-12-10-17-6-3-13-25-17/h1-8,13-14H,9-12,15H2,(H2,22,23,24). The van der Waals surface area contributed by atoms with Crippen molar-refractivity contribution in [2.24, 2.45) is 4.99 Å². The lowest BCUT2D eigenvalue weighted by molar-refractivity contribution is 0.506. The van der Waals surface area contributed by atoms with Crippen LogP contribution in [0.2, 0.25) is 0 Å². The van der Waals surface area contributed by atoms with E-state index in [0.29, 0.717) is 31.6 Å². The predicted octanol–water partition coefficient (Wildman–Crippen LogP) is 4.00. The Balaban J connectivity index is 1.53. The van der Waals surface area contributed by atoms with Gasteiger partial charge in [-0.15, -0.1) is 11.3 Å². The van der Waals surface area contributed by atoms with Crippen LogP contribution in [0.15, 0.2) is 69.6 Å². The Hall–Kier alpha value is -2.60. The summed E-state index contributed by atoms with van der Waals surface area (Å²) in [5, 5.41) is 8.64. The van der Waals surface area contributed by atoms with Gasteiger partial charge in [-0.25, -0.2) is 9.38 Å². The molecule has 0 unspecified atom stereocenters. The highest BCUT2D eigenvalue weighted by atomic mass is 32.1. The van der Waals surface area contributed by atoms with Gasteiger partial charge in [0.25, 0.3) is 0 Å². The smallest absolute Gasteiger partial charge is 0.191 e. The van der Waals surface area contributed by atoms with Gasteiger partial charge in [-0.3, -0.25) is 0 Å². The molecule has 0 bridgehead atoms. The quantitative estimate of drug-likeness (QED) is 0.465. The van der Waals surface area contributed by atoms with Crippen LogP contribution in [0.5, 0.6) is 0 Å². The molecular formula is C20H22FN3OS. The van der Waals surface area contributed by atoms with Crippen LogP contribution in [0, 0.1) is 5.82 Å². The van der Waals surface area contributed by atoms with Crippen LogP contribution in [-0.4, -0.2) is 19.0 Å². The highest BCUT2D eigenvalue weighted by Crippen LogP contribution is 2.09. The third-order valence-corrected chi connectivity index (χ3v) is 4.72. The number of guanidine groups is 1. The molecule has 2 heterocycles. The average Bonchev–Trinajstić information content (AvgIpc) is 3.34. The SMILES string of the molecule is Fc1ccccc1CCNC(=NCc1cccs1)NCCc1ccco1. The van der Waals surface area contributed by atoms with Gasteiger partial charge in [0.2, 0.25) is 0 Å². The first-order chi connectivity index (χ1) is 12.8. The Morgan fingerprint density at radius 2 is 1.85 bits per heavy atom. The van der Waals surface area contributed by atoms with E-state index in [0.717, 1.165) is 18.1 Å². The summed E-state index contributed by atoms with van der Waals surface area (Å²) in [4.78, 5) is 5.82. The van der Waals surface area contributed by atoms with E-state index in [1.54, 1.807) is 23.7 Å². The number of hydrogen-bond acceptors (Lipinski definition) is 3. The summed E-state index contributed by atoms with van der Waals surface area (Å²) in [5.74, 6) is 1.49. The second-order valence-electron chi connectivity index (χ2n) is 5.77. The van der Waals surface area contributed by atoms with Crippen LogP contribution < -0.4 is 10.6 Å². The zero-order valence-electron chi connectivity index (χ0n) is 14.5. The summed E-state index contributed by atoms with van der Waals surface area (Å²) in [6, 6.07) is 14.8. The van der Waals surface area contributed by atoms with Gasteiger partial charge in [-0.2, -0.15) is 0 Å². The maximum absolute atomic E-state index is 13.7. The molecule has 0 aliphatic rings. The van der Waals surface area contributed by atoms with Gasteiger partial charge in [-0.1, -0.05) is 24.3 Å². The fourth-order valence-electron chi connectivity index (χ4n) is 2.51. The Morgan fingerprint density at radius 1 is 1.00 bits per heavy atom. The van der Waals surface area contributed by atoms with Crippen LogP contribution in [0.3, 0.4) is 0 Å². The highest BCUT2D eigenvalue weighted by molar-refractivity contribution is 7.09. The Labute approximate surface area is 156 Å². The summed E-state index contributed by atoms with van der Waals surface area (Å²) in [7, 11) is 0. The molecule has 26 heavy (non-hydrogen) atoms. The van der Waals surface area contributed by atoms with E-state index >= 15 is 0 Å². The molecule has 2 aromatic heterocycles. The van der Waals surface area contributed by atoms with Gasteiger partial charge in [0.15, 0.2) is 5.96 Å². The van der Waals surface area contributed by atoms with Crippen molar-refractivity contribution in [2.45, 2.75) is 19.4 Å². The second kappa shape index (κ2) is 9.77. The van der Waals surface area contributed by atoms with Crippen molar-refractivity contribution in [1.29, 1.82) is 0 Å². The highest BCUT2D eigenvalue weighted by Gasteiger charge is 2.04. The van der Waals surface area contributed by atoms with Gasteiger partial charge in [0.05, 0.1) is 12.8 Å². The summed E-state index contributed by atoms with van der Waals surface area (Å²) >= 11 is 1.68. The first-order valence-electron chi connectivity index (χ1n) is 8.61. The van der Waals surface area contributed by atoms with Crippen LogP contribution in [0.25, 0.3) is 0 Å². The van der Waals surface area contributed by atoms with Gasteiger partial charge >= 0.3 is 0 Å². The lowest BCUT2D eigenvalue weighted by Gasteiger charge is -2.12. The third kappa shape index (κ3) is 5.74. The fraction of sp³-hybridized carbons (Fsp3) is 0.250. The topological polar surface area (TPSA) is 49.6 Å².